The van der Waals surface area contributed by atoms with Crippen LogP contribution in [0.4, 0.5) is 0 Å². The molecule has 142 valence electrons. The summed E-state index contributed by atoms with van der Waals surface area (Å²) in [6, 6.07) is 1.82. The molecule has 0 spiro atoms. The number of amides is 1. The van der Waals surface area contributed by atoms with Crippen LogP contribution in [-0.2, 0) is 21.4 Å². The van der Waals surface area contributed by atoms with Gasteiger partial charge in [-0.15, -0.1) is 0 Å². The summed E-state index contributed by atoms with van der Waals surface area (Å²) >= 11 is 3.63. The molecule has 0 bridgehead atoms. The maximum absolute atomic E-state index is 12.5. The zero-order valence-electron chi connectivity index (χ0n) is 15.5. The smallest absolute Gasteiger partial charge is 0.209 e. The van der Waals surface area contributed by atoms with E-state index in [9.17, 15) is 14.7 Å². The molecule has 1 N–H and O–H groups in total. The monoisotopic (exact) mass is 423 g/mol. The topological polar surface area (TPSA) is 66.8 Å². The molecule has 1 aliphatic heterocycles. The summed E-state index contributed by atoms with van der Waals surface area (Å²) in [4.78, 5) is 25.8. The summed E-state index contributed by atoms with van der Waals surface area (Å²) in [5.41, 5.74) is 1.40. The van der Waals surface area contributed by atoms with Crippen molar-refractivity contribution in [2.45, 2.75) is 57.4 Å². The van der Waals surface area contributed by atoms with Crippen molar-refractivity contribution in [2.75, 3.05) is 13.7 Å². The van der Waals surface area contributed by atoms with Crippen molar-refractivity contribution in [1.29, 1.82) is 0 Å². The van der Waals surface area contributed by atoms with Crippen molar-refractivity contribution in [3.63, 3.8) is 0 Å². The Morgan fingerprint density at radius 2 is 2.23 bits per heavy atom. The summed E-state index contributed by atoms with van der Waals surface area (Å²) in [5, 5.41) is 11.1. The van der Waals surface area contributed by atoms with Gasteiger partial charge < -0.3 is 14.7 Å². The van der Waals surface area contributed by atoms with Gasteiger partial charge in [-0.25, -0.2) is 0 Å². The number of aromatic hydroxyl groups is 1. The highest BCUT2D eigenvalue weighted by molar-refractivity contribution is 9.10. The molecule has 1 heterocycles. The second kappa shape index (κ2) is 7.22. The molecule has 1 aromatic carbocycles. The van der Waals surface area contributed by atoms with Crippen molar-refractivity contribution < 1.29 is 19.4 Å². The second-order valence-electron chi connectivity index (χ2n) is 7.47. The van der Waals surface area contributed by atoms with Crippen molar-refractivity contribution in [3.8, 4) is 11.5 Å². The lowest BCUT2D eigenvalue weighted by atomic mass is 9.55. The third kappa shape index (κ3) is 2.82. The fraction of sp³-hybridized carbons (Fsp3) is 0.600. The Bertz CT molecular complexity index is 735. The average molecular weight is 424 g/mol. The molecule has 1 amide bonds. The Morgan fingerprint density at radius 3 is 2.85 bits per heavy atom. The number of piperidine rings is 1. The van der Waals surface area contributed by atoms with Crippen molar-refractivity contribution in [1.82, 2.24) is 4.90 Å². The number of phenolic OH excluding ortho intramolecular Hbond substituents is 1. The number of rotatable bonds is 4. The molecule has 0 aromatic heterocycles. The van der Waals surface area contributed by atoms with E-state index < -0.39 is 5.41 Å². The lowest BCUT2D eigenvalue weighted by molar-refractivity contribution is -0.131. The van der Waals surface area contributed by atoms with E-state index in [0.29, 0.717) is 31.6 Å². The van der Waals surface area contributed by atoms with Crippen LogP contribution in [0.15, 0.2) is 10.5 Å². The van der Waals surface area contributed by atoms with Gasteiger partial charge in [0.2, 0.25) is 6.41 Å². The first-order valence-corrected chi connectivity index (χ1v) is 10.0. The highest BCUT2D eigenvalue weighted by Gasteiger charge is 2.53. The molecule has 2 aliphatic rings. The van der Waals surface area contributed by atoms with Gasteiger partial charge in [0.25, 0.3) is 0 Å². The molecule has 6 heteroatoms. The quantitative estimate of drug-likeness (QED) is 0.751. The van der Waals surface area contributed by atoms with Gasteiger partial charge in [-0.2, -0.15) is 0 Å². The predicted octanol–water partition coefficient (Wildman–Crippen LogP) is 3.58. The molecule has 1 saturated heterocycles. The number of fused-ring (bicyclic) bond motifs is 1. The Balaban J connectivity index is 2.25. The van der Waals surface area contributed by atoms with E-state index in [0.717, 1.165) is 34.9 Å². The van der Waals surface area contributed by atoms with E-state index >= 15 is 0 Å². The van der Waals surface area contributed by atoms with E-state index in [1.807, 2.05) is 4.90 Å². The van der Waals surface area contributed by atoms with Gasteiger partial charge in [0.15, 0.2) is 11.5 Å². The summed E-state index contributed by atoms with van der Waals surface area (Å²) in [5.74, 6) is 0.919. The van der Waals surface area contributed by atoms with Crippen molar-refractivity contribution in [3.05, 3.63) is 21.7 Å². The molecular weight excluding hydrogens is 398 g/mol. The van der Waals surface area contributed by atoms with E-state index in [4.69, 9.17) is 4.74 Å². The van der Waals surface area contributed by atoms with Crippen LogP contribution in [0, 0.1) is 5.92 Å². The van der Waals surface area contributed by atoms with Crippen molar-refractivity contribution in [2.24, 2.45) is 5.92 Å². The standard InChI is InChI=1S/C20H26BrNO4/c1-4-14-16(21)9-17(26-3)19(25)18(14)20-7-8-22(11-23)12(2)15(20)6-5-13(24)10-20/h9,11-12,15,25H,4-8,10H2,1-3H3. The van der Waals surface area contributed by atoms with Crippen LogP contribution < -0.4 is 4.74 Å². The number of carbonyl (C=O) groups excluding carboxylic acids is 2. The molecule has 1 aromatic rings. The van der Waals surface area contributed by atoms with Crippen LogP contribution in [0.2, 0.25) is 0 Å². The summed E-state index contributed by atoms with van der Waals surface area (Å²) in [6.07, 6.45) is 4.01. The molecule has 2 fully saturated rings. The zero-order valence-corrected chi connectivity index (χ0v) is 17.1. The zero-order chi connectivity index (χ0) is 19.1. The van der Waals surface area contributed by atoms with Gasteiger partial charge in [-0.05, 0) is 43.7 Å². The first kappa shape index (κ1) is 19.2. The van der Waals surface area contributed by atoms with Gasteiger partial charge in [0.05, 0.1) is 7.11 Å². The third-order valence-electron chi connectivity index (χ3n) is 6.40. The van der Waals surface area contributed by atoms with Gasteiger partial charge >= 0.3 is 0 Å². The van der Waals surface area contributed by atoms with Gasteiger partial charge in [-0.1, -0.05) is 22.9 Å². The average Bonchev–Trinajstić information content (AvgIpc) is 2.62. The molecule has 5 nitrogen and oxygen atoms in total. The second-order valence-corrected chi connectivity index (χ2v) is 8.32. The van der Waals surface area contributed by atoms with Crippen LogP contribution in [0.3, 0.4) is 0 Å². The number of halogens is 1. The minimum absolute atomic E-state index is 0.0310. The summed E-state index contributed by atoms with van der Waals surface area (Å²) < 4.78 is 6.29. The van der Waals surface area contributed by atoms with E-state index in [1.54, 1.807) is 6.07 Å². The van der Waals surface area contributed by atoms with Gasteiger partial charge in [-0.3, -0.25) is 9.59 Å². The summed E-state index contributed by atoms with van der Waals surface area (Å²) in [6.45, 7) is 4.70. The number of hydrogen-bond donors (Lipinski definition) is 1. The number of phenols is 1. The van der Waals surface area contributed by atoms with Gasteiger partial charge in [0.1, 0.15) is 5.78 Å². The Hall–Kier alpha value is -1.56. The Kier molecular flexibility index (Phi) is 5.33. The molecule has 3 atom stereocenters. The molecule has 1 saturated carbocycles. The minimum Gasteiger partial charge on any atom is -0.504 e. The van der Waals surface area contributed by atoms with Crippen molar-refractivity contribution >= 4 is 28.1 Å². The van der Waals surface area contributed by atoms with E-state index in [1.165, 1.54) is 7.11 Å². The molecular formula is C20H26BrNO4. The maximum atomic E-state index is 12.5. The molecule has 3 unspecified atom stereocenters. The largest absolute Gasteiger partial charge is 0.504 e. The number of benzene rings is 1. The molecule has 0 radical (unpaired) electrons. The number of hydrogen-bond acceptors (Lipinski definition) is 4. The van der Waals surface area contributed by atoms with Crippen LogP contribution in [0.25, 0.3) is 0 Å². The van der Waals surface area contributed by atoms with Gasteiger partial charge in [0, 0.05) is 40.9 Å². The lowest BCUT2D eigenvalue weighted by Gasteiger charge is -2.54. The maximum Gasteiger partial charge on any atom is 0.209 e. The fourth-order valence-electron chi connectivity index (χ4n) is 5.15. The van der Waals surface area contributed by atoms with Crippen LogP contribution >= 0.6 is 15.9 Å². The first-order chi connectivity index (χ1) is 12.4. The molecule has 3 rings (SSSR count). The number of Topliss-reactive ketones (excluding diaryl/α,β-unsaturated/α-hetero) is 1. The van der Waals surface area contributed by atoms with E-state index in [2.05, 4.69) is 29.8 Å². The number of nitrogens with zero attached hydrogens (tertiary/aromatic N) is 1. The number of likely N-dealkylation sites (tertiary alicyclic amines) is 1. The number of methoxy groups -OCH3 is 1. The normalized spacial score (nSPS) is 28.6. The SMILES string of the molecule is CCc1c(Br)cc(OC)c(O)c1C12CCN(C=O)C(C)C1CCC(=O)C2. The predicted molar refractivity (Wildman–Crippen MR) is 103 cm³/mol. The molecule has 1 aliphatic carbocycles. The van der Waals surface area contributed by atoms with Crippen LogP contribution in [-0.4, -0.2) is 41.9 Å². The number of carbonyl (C=O) groups is 2. The van der Waals surface area contributed by atoms with E-state index in [-0.39, 0.29) is 23.5 Å². The Morgan fingerprint density at radius 1 is 1.50 bits per heavy atom. The third-order valence-corrected chi connectivity index (χ3v) is 7.11. The van der Waals surface area contributed by atoms with Crippen LogP contribution in [0.5, 0.6) is 11.5 Å². The highest BCUT2D eigenvalue weighted by Crippen LogP contribution is 2.56. The fourth-order valence-corrected chi connectivity index (χ4v) is 5.83. The van der Waals surface area contributed by atoms with Crippen LogP contribution in [0.1, 0.15) is 50.7 Å². The highest BCUT2D eigenvalue weighted by atomic mass is 79.9. The lowest BCUT2D eigenvalue weighted by Crippen LogP contribution is -2.57. The first-order valence-electron chi connectivity index (χ1n) is 9.21. The number of ether oxygens (including phenoxy) is 1. The number of ketones is 1. The molecule has 26 heavy (non-hydrogen) atoms. The minimum atomic E-state index is -0.458. The summed E-state index contributed by atoms with van der Waals surface area (Å²) in [7, 11) is 1.54. The Labute approximate surface area is 162 Å².